The molecule has 1 atom stereocenters. The van der Waals surface area contributed by atoms with Gasteiger partial charge in [-0.2, -0.15) is 0 Å². The molecule has 0 aromatic carbocycles. The zero-order chi connectivity index (χ0) is 49.3. The SMILES string of the molecule is CC/C=C\C/C=C\C/C=C\C/C=C\C/C=C\CCCC(=O)OCC(COC(=O)CC/C=C\C/C=C\C/C=C\C/C=C\C/C=C\CC)OC(=O)CCC/C=C\C/C=C\C/C=C\C/C=C\C/C=C\CC. The van der Waals surface area contributed by atoms with E-state index < -0.39 is 18.0 Å². The Morgan fingerprint density at radius 2 is 0.529 bits per heavy atom. The molecular weight excluding hydrogens is 841 g/mol. The van der Waals surface area contributed by atoms with Gasteiger partial charge in [0.25, 0.3) is 0 Å². The normalized spacial score (nSPS) is 13.6. The van der Waals surface area contributed by atoms with E-state index in [2.05, 4.69) is 191 Å². The van der Waals surface area contributed by atoms with E-state index in [0.29, 0.717) is 19.3 Å². The van der Waals surface area contributed by atoms with Crippen molar-refractivity contribution in [2.75, 3.05) is 13.2 Å². The molecule has 0 aliphatic carbocycles. The first-order valence-electron chi connectivity index (χ1n) is 25.8. The van der Waals surface area contributed by atoms with Gasteiger partial charge < -0.3 is 14.2 Å². The van der Waals surface area contributed by atoms with Gasteiger partial charge in [-0.1, -0.05) is 203 Å². The number of allylic oxidation sites excluding steroid dienone is 30. The number of carbonyl (C=O) groups is 3. The third kappa shape index (κ3) is 51.5. The van der Waals surface area contributed by atoms with E-state index in [-0.39, 0.29) is 38.4 Å². The molecule has 0 aliphatic heterocycles. The van der Waals surface area contributed by atoms with Crippen LogP contribution in [0.3, 0.4) is 0 Å². The topological polar surface area (TPSA) is 78.9 Å². The Balaban J connectivity index is 4.73. The maximum atomic E-state index is 12.8. The second kappa shape index (κ2) is 54.1. The van der Waals surface area contributed by atoms with Gasteiger partial charge in [0.15, 0.2) is 6.10 Å². The summed E-state index contributed by atoms with van der Waals surface area (Å²) >= 11 is 0. The van der Waals surface area contributed by atoms with E-state index in [4.69, 9.17) is 14.2 Å². The fraction of sp³-hybridized carbons (Fsp3) is 0.468. The van der Waals surface area contributed by atoms with Crippen molar-refractivity contribution in [3.05, 3.63) is 182 Å². The molecule has 0 spiro atoms. The van der Waals surface area contributed by atoms with E-state index in [9.17, 15) is 14.4 Å². The predicted octanol–water partition coefficient (Wildman–Crippen LogP) is 17.4. The highest BCUT2D eigenvalue weighted by atomic mass is 16.6. The molecule has 374 valence electrons. The molecule has 0 aromatic rings. The number of unbranched alkanes of at least 4 members (excludes halogenated alkanes) is 2. The fourth-order valence-corrected chi connectivity index (χ4v) is 5.91. The first-order valence-corrected chi connectivity index (χ1v) is 25.8. The van der Waals surface area contributed by atoms with Gasteiger partial charge in [0.1, 0.15) is 13.2 Å². The van der Waals surface area contributed by atoms with Crippen LogP contribution >= 0.6 is 0 Å². The summed E-state index contributed by atoms with van der Waals surface area (Å²) in [5.41, 5.74) is 0. The minimum Gasteiger partial charge on any atom is -0.462 e. The van der Waals surface area contributed by atoms with E-state index in [1.807, 2.05) is 12.2 Å². The smallest absolute Gasteiger partial charge is 0.306 e. The van der Waals surface area contributed by atoms with Crippen molar-refractivity contribution in [2.24, 2.45) is 0 Å². The van der Waals surface area contributed by atoms with Crippen LogP contribution in [0.5, 0.6) is 0 Å². The van der Waals surface area contributed by atoms with Gasteiger partial charge in [-0.25, -0.2) is 0 Å². The summed E-state index contributed by atoms with van der Waals surface area (Å²) in [5, 5.41) is 0. The standard InChI is InChI=1S/C62H90O6/c1-4-7-10-13-16-19-22-25-28-31-34-37-40-43-46-49-52-55-61(64)67-58-59(57-66-60(63)54-51-48-45-42-39-36-33-30-27-24-21-18-15-12-9-6-3)68-62(65)56-53-50-47-44-41-38-35-32-29-26-23-20-17-14-11-8-5-2/h7-12,16-21,25-30,34-39,43-48,59H,4-6,13-15,22-24,31-33,40-42,49-58H2,1-3H3/b10-7-,11-8-,12-9-,19-16-,20-17-,21-18-,28-25-,29-26-,30-27-,37-34-,38-35-,39-36-,46-43-,47-44-,48-45-. The molecule has 0 amide bonds. The number of rotatable bonds is 43. The van der Waals surface area contributed by atoms with Crippen LogP contribution in [0.4, 0.5) is 0 Å². The number of hydrogen-bond donors (Lipinski definition) is 0. The molecule has 0 aliphatic rings. The van der Waals surface area contributed by atoms with Gasteiger partial charge in [0.2, 0.25) is 0 Å². The van der Waals surface area contributed by atoms with E-state index in [1.165, 1.54) is 0 Å². The Labute approximate surface area is 414 Å². The molecule has 0 aromatic heterocycles. The lowest BCUT2D eigenvalue weighted by Gasteiger charge is -2.18. The Kier molecular flexibility index (Phi) is 49.7. The summed E-state index contributed by atoms with van der Waals surface area (Å²) < 4.78 is 16.6. The summed E-state index contributed by atoms with van der Waals surface area (Å²) in [7, 11) is 0. The van der Waals surface area contributed by atoms with Gasteiger partial charge in [0.05, 0.1) is 0 Å². The van der Waals surface area contributed by atoms with Crippen molar-refractivity contribution in [3.8, 4) is 0 Å². The maximum Gasteiger partial charge on any atom is 0.306 e. The van der Waals surface area contributed by atoms with Gasteiger partial charge in [-0.15, -0.1) is 0 Å². The third-order valence-corrected chi connectivity index (χ3v) is 9.65. The Bertz CT molecular complexity index is 1680. The first kappa shape index (κ1) is 62.5. The van der Waals surface area contributed by atoms with E-state index >= 15 is 0 Å². The average molecular weight is 931 g/mol. The fourth-order valence-electron chi connectivity index (χ4n) is 5.91. The van der Waals surface area contributed by atoms with Gasteiger partial charge in [-0.3, -0.25) is 14.4 Å². The minimum atomic E-state index is -0.872. The highest BCUT2D eigenvalue weighted by Gasteiger charge is 2.19. The molecule has 6 nitrogen and oxygen atoms in total. The number of hydrogen-bond acceptors (Lipinski definition) is 6. The molecule has 0 fully saturated rings. The number of ether oxygens (including phenoxy) is 3. The zero-order valence-corrected chi connectivity index (χ0v) is 42.5. The molecular formula is C62H90O6. The maximum absolute atomic E-state index is 12.8. The van der Waals surface area contributed by atoms with Crippen LogP contribution in [-0.4, -0.2) is 37.2 Å². The highest BCUT2D eigenvalue weighted by Crippen LogP contribution is 2.08. The zero-order valence-electron chi connectivity index (χ0n) is 42.5. The molecule has 0 heterocycles. The Hall–Kier alpha value is -5.49. The Morgan fingerprint density at radius 3 is 0.824 bits per heavy atom. The molecule has 6 heteroatoms. The first-order chi connectivity index (χ1) is 33.5. The van der Waals surface area contributed by atoms with Crippen LogP contribution in [0.15, 0.2) is 182 Å². The van der Waals surface area contributed by atoms with Crippen molar-refractivity contribution >= 4 is 17.9 Å². The third-order valence-electron chi connectivity index (χ3n) is 9.65. The van der Waals surface area contributed by atoms with Crippen LogP contribution in [0, 0.1) is 0 Å². The van der Waals surface area contributed by atoms with Crippen molar-refractivity contribution in [1.82, 2.24) is 0 Å². The molecule has 0 rings (SSSR count). The molecule has 0 bridgehead atoms. The van der Waals surface area contributed by atoms with Gasteiger partial charge in [0, 0.05) is 19.3 Å². The summed E-state index contributed by atoms with van der Waals surface area (Å²) in [6, 6.07) is 0. The number of esters is 3. The lowest BCUT2D eigenvalue weighted by molar-refractivity contribution is -0.166. The second-order valence-electron chi connectivity index (χ2n) is 15.9. The molecule has 1 unspecified atom stereocenters. The Morgan fingerprint density at radius 1 is 0.294 bits per heavy atom. The lowest BCUT2D eigenvalue weighted by Crippen LogP contribution is -2.30. The van der Waals surface area contributed by atoms with E-state index in [1.54, 1.807) is 0 Å². The number of carbonyl (C=O) groups excluding carboxylic acids is 3. The molecule has 68 heavy (non-hydrogen) atoms. The lowest BCUT2D eigenvalue weighted by atomic mass is 10.2. The summed E-state index contributed by atoms with van der Waals surface area (Å²) in [6.45, 7) is 6.09. The summed E-state index contributed by atoms with van der Waals surface area (Å²) in [5.74, 6) is -1.18. The quantitative estimate of drug-likeness (QED) is 0.0262. The highest BCUT2D eigenvalue weighted by molar-refractivity contribution is 5.71. The molecule has 0 saturated carbocycles. The summed E-state index contributed by atoms with van der Waals surface area (Å²) in [6.07, 6.45) is 81.8. The molecule has 0 radical (unpaired) electrons. The average Bonchev–Trinajstić information content (AvgIpc) is 3.34. The van der Waals surface area contributed by atoms with E-state index in [0.717, 1.165) is 109 Å². The molecule has 0 N–H and O–H groups in total. The minimum absolute atomic E-state index is 0.164. The van der Waals surface area contributed by atoms with Crippen LogP contribution in [0.2, 0.25) is 0 Å². The van der Waals surface area contributed by atoms with Crippen molar-refractivity contribution < 1.29 is 28.6 Å². The van der Waals surface area contributed by atoms with Gasteiger partial charge >= 0.3 is 17.9 Å². The van der Waals surface area contributed by atoms with Gasteiger partial charge in [-0.05, 0) is 128 Å². The summed E-state index contributed by atoms with van der Waals surface area (Å²) in [4.78, 5) is 38.0. The second-order valence-corrected chi connectivity index (χ2v) is 15.9. The van der Waals surface area contributed by atoms with Crippen LogP contribution in [0.1, 0.15) is 168 Å². The largest absolute Gasteiger partial charge is 0.462 e. The monoisotopic (exact) mass is 931 g/mol. The van der Waals surface area contributed by atoms with Crippen LogP contribution < -0.4 is 0 Å². The van der Waals surface area contributed by atoms with Crippen molar-refractivity contribution in [3.63, 3.8) is 0 Å². The predicted molar refractivity (Wildman–Crippen MR) is 292 cm³/mol. The van der Waals surface area contributed by atoms with Crippen molar-refractivity contribution in [2.45, 2.75) is 175 Å². The van der Waals surface area contributed by atoms with Crippen molar-refractivity contribution in [1.29, 1.82) is 0 Å². The van der Waals surface area contributed by atoms with Crippen LogP contribution in [-0.2, 0) is 28.6 Å². The van der Waals surface area contributed by atoms with Crippen LogP contribution in [0.25, 0.3) is 0 Å². The molecule has 0 saturated heterocycles.